The van der Waals surface area contributed by atoms with E-state index in [1.54, 1.807) is 31.0 Å². The molecule has 0 bridgehead atoms. The van der Waals surface area contributed by atoms with Gasteiger partial charge in [-0.25, -0.2) is 9.59 Å². The highest BCUT2D eigenvalue weighted by Crippen LogP contribution is 2.33. The Labute approximate surface area is 252 Å². The van der Waals surface area contributed by atoms with Gasteiger partial charge in [0.2, 0.25) is 5.91 Å². The van der Waals surface area contributed by atoms with Crippen molar-refractivity contribution < 1.29 is 28.7 Å². The van der Waals surface area contributed by atoms with Crippen LogP contribution in [-0.2, 0) is 19.1 Å². The molecule has 2 saturated heterocycles. The van der Waals surface area contributed by atoms with Crippen molar-refractivity contribution in [3.63, 3.8) is 0 Å². The summed E-state index contributed by atoms with van der Waals surface area (Å²) in [4.78, 5) is 49.7. The van der Waals surface area contributed by atoms with Crippen LogP contribution in [0.25, 0.3) is 0 Å². The molecule has 0 saturated carbocycles. The second kappa shape index (κ2) is 14.6. The predicted molar refractivity (Wildman–Crippen MR) is 162 cm³/mol. The topological polar surface area (TPSA) is 124 Å². The maximum Gasteiger partial charge on any atom is 0.407 e. The van der Waals surface area contributed by atoms with Crippen molar-refractivity contribution in [2.24, 2.45) is 11.3 Å². The molecule has 2 aliphatic rings. The summed E-state index contributed by atoms with van der Waals surface area (Å²) in [6, 6.07) is 19.2. The summed E-state index contributed by atoms with van der Waals surface area (Å²) < 4.78 is 10.7. The molecule has 0 aliphatic carbocycles. The fourth-order valence-corrected chi connectivity index (χ4v) is 5.26. The van der Waals surface area contributed by atoms with Crippen molar-refractivity contribution in [2.75, 3.05) is 63.5 Å². The quantitative estimate of drug-likeness (QED) is 0.338. The molecule has 43 heavy (non-hydrogen) atoms. The first-order chi connectivity index (χ1) is 20.7. The predicted octanol–water partition coefficient (Wildman–Crippen LogP) is 3.41. The van der Waals surface area contributed by atoms with Crippen molar-refractivity contribution >= 4 is 35.4 Å². The first-order valence-electron chi connectivity index (χ1n) is 14.7. The summed E-state index contributed by atoms with van der Waals surface area (Å²) in [5, 5.41) is 12.4. The minimum atomic E-state index is -0.832. The van der Waals surface area contributed by atoms with Crippen LogP contribution in [0.5, 0.6) is 0 Å². The van der Waals surface area contributed by atoms with E-state index in [-0.39, 0.29) is 25.0 Å². The number of unbranched alkanes of at least 4 members (excludes halogenated alkanes) is 3. The number of carbonyl (C=O) groups excluding carboxylic acids is 4. The first kappa shape index (κ1) is 31.5. The van der Waals surface area contributed by atoms with E-state index in [2.05, 4.69) is 10.6 Å². The molecule has 12 heteroatoms. The monoisotopic (exact) mass is 594 g/mol. The lowest BCUT2D eigenvalue weighted by Gasteiger charge is -2.25. The van der Waals surface area contributed by atoms with Gasteiger partial charge in [-0.15, -0.1) is 0 Å². The first-order valence-corrected chi connectivity index (χ1v) is 14.7. The maximum absolute atomic E-state index is 12.9. The summed E-state index contributed by atoms with van der Waals surface area (Å²) >= 11 is 0. The molecule has 0 radical (unpaired) electrons. The largest absolute Gasteiger partial charge is 0.449 e. The van der Waals surface area contributed by atoms with Crippen LogP contribution in [0.3, 0.4) is 0 Å². The van der Waals surface area contributed by atoms with Crippen LogP contribution in [0, 0.1) is 11.3 Å². The van der Waals surface area contributed by atoms with Gasteiger partial charge in [0.15, 0.2) is 0 Å². The molecule has 2 unspecified atom stereocenters. The third-order valence-corrected chi connectivity index (χ3v) is 7.78. The van der Waals surface area contributed by atoms with E-state index in [1.165, 1.54) is 0 Å². The number of amides is 4. The Hall–Kier alpha value is -4.48. The van der Waals surface area contributed by atoms with Crippen molar-refractivity contribution in [2.45, 2.75) is 32.6 Å². The van der Waals surface area contributed by atoms with Crippen LogP contribution in [-0.4, -0.2) is 87.5 Å². The molecule has 4 rings (SSSR count). The molecule has 12 nitrogen and oxygen atoms in total. The Morgan fingerprint density at radius 3 is 1.91 bits per heavy atom. The summed E-state index contributed by atoms with van der Waals surface area (Å²) in [7, 11) is 3.43. The van der Waals surface area contributed by atoms with Crippen LogP contribution in [0.1, 0.15) is 32.6 Å². The van der Waals surface area contributed by atoms with E-state index in [4.69, 9.17) is 9.47 Å². The Morgan fingerprint density at radius 1 is 0.791 bits per heavy atom. The van der Waals surface area contributed by atoms with Gasteiger partial charge < -0.3 is 20.1 Å². The van der Waals surface area contributed by atoms with E-state index >= 15 is 0 Å². The summed E-state index contributed by atoms with van der Waals surface area (Å²) in [5.41, 5.74) is 0.986. The average molecular weight is 595 g/mol. The molecular formula is C31H42N6O6. The van der Waals surface area contributed by atoms with E-state index in [1.807, 2.05) is 70.7 Å². The van der Waals surface area contributed by atoms with Gasteiger partial charge in [-0.05, 0) is 44.0 Å². The number of rotatable bonds is 13. The molecule has 2 aromatic carbocycles. The van der Waals surface area contributed by atoms with E-state index in [0.717, 1.165) is 37.1 Å². The van der Waals surface area contributed by atoms with Crippen molar-refractivity contribution in [3.05, 3.63) is 60.7 Å². The van der Waals surface area contributed by atoms with E-state index in [9.17, 15) is 19.2 Å². The number of hydrogen-bond acceptors (Lipinski definition) is 8. The number of anilines is 2. The molecule has 2 fully saturated rings. The minimum absolute atomic E-state index is 0.00992. The smallest absolute Gasteiger partial charge is 0.407 e. The zero-order valence-corrected chi connectivity index (χ0v) is 25.2. The highest BCUT2D eigenvalue weighted by molar-refractivity contribution is 5.88. The van der Waals surface area contributed by atoms with Crippen molar-refractivity contribution in [1.82, 2.24) is 20.7 Å². The SMILES string of the molecule is CN1C(=O)C(COC(=O)NCCCCCCNC(=O)OCC2(C)CN(c3ccccc3)N(C)C2=O)CN1c1ccccc1. The highest BCUT2D eigenvalue weighted by atomic mass is 16.6. The van der Waals surface area contributed by atoms with Crippen molar-refractivity contribution in [1.29, 1.82) is 0 Å². The van der Waals surface area contributed by atoms with Crippen LogP contribution in [0.2, 0.25) is 0 Å². The molecule has 2 heterocycles. The average Bonchev–Trinajstić information content (AvgIpc) is 3.44. The molecule has 2 N–H and O–H groups in total. The van der Waals surface area contributed by atoms with Gasteiger partial charge in [-0.2, -0.15) is 0 Å². The minimum Gasteiger partial charge on any atom is -0.449 e. The lowest BCUT2D eigenvalue weighted by molar-refractivity contribution is -0.136. The fourth-order valence-electron chi connectivity index (χ4n) is 5.26. The van der Waals surface area contributed by atoms with Gasteiger partial charge >= 0.3 is 12.2 Å². The molecule has 232 valence electrons. The molecule has 0 aromatic heterocycles. The Bertz CT molecular complexity index is 1250. The second-order valence-corrected chi connectivity index (χ2v) is 11.2. The summed E-state index contributed by atoms with van der Waals surface area (Å²) in [6.07, 6.45) is 2.17. The number of nitrogens with zero attached hydrogens (tertiary/aromatic N) is 4. The Morgan fingerprint density at radius 2 is 1.33 bits per heavy atom. The maximum atomic E-state index is 12.9. The lowest BCUT2D eigenvalue weighted by Crippen LogP contribution is -2.38. The standard InChI is InChI=1S/C31H42N6O6/c1-31(22-37(35(3)28(31)39)26-16-10-7-11-17-26)23-43-30(41)33-19-13-5-4-12-18-32-29(40)42-21-24-20-36(34(2)27(24)38)25-14-8-6-9-15-25/h6-11,14-17,24H,4-5,12-13,18-23H2,1-3H3,(H,32,40)(H,33,41). The van der Waals surface area contributed by atoms with Crippen LogP contribution in [0.4, 0.5) is 21.0 Å². The normalized spacial score (nSPS) is 20.0. The number of hydrazine groups is 2. The van der Waals surface area contributed by atoms with E-state index < -0.39 is 23.5 Å². The van der Waals surface area contributed by atoms with Crippen LogP contribution >= 0.6 is 0 Å². The number of benzene rings is 2. The van der Waals surface area contributed by atoms with E-state index in [0.29, 0.717) is 26.2 Å². The van der Waals surface area contributed by atoms with Crippen LogP contribution in [0.15, 0.2) is 60.7 Å². The third-order valence-electron chi connectivity index (χ3n) is 7.78. The Balaban J connectivity index is 1.02. The molecule has 2 atom stereocenters. The number of ether oxygens (including phenoxy) is 2. The zero-order chi connectivity index (χ0) is 30.8. The van der Waals surface area contributed by atoms with Gasteiger partial charge in [0.05, 0.1) is 30.4 Å². The number of para-hydroxylation sites is 2. The number of nitrogens with one attached hydrogen (secondary N) is 2. The van der Waals surface area contributed by atoms with Crippen LogP contribution < -0.4 is 20.7 Å². The summed E-state index contributed by atoms with van der Waals surface area (Å²) in [6.45, 7) is 3.61. The fraction of sp³-hybridized carbons (Fsp3) is 0.484. The molecule has 2 aliphatic heterocycles. The highest BCUT2D eigenvalue weighted by Gasteiger charge is 2.47. The summed E-state index contributed by atoms with van der Waals surface area (Å²) in [5.74, 6) is -0.601. The number of carbonyl (C=O) groups is 4. The number of alkyl carbamates (subject to hydrolysis) is 2. The lowest BCUT2D eigenvalue weighted by atomic mass is 9.92. The van der Waals surface area contributed by atoms with Crippen molar-refractivity contribution in [3.8, 4) is 0 Å². The van der Waals surface area contributed by atoms with Gasteiger partial charge in [0, 0.05) is 27.2 Å². The van der Waals surface area contributed by atoms with Gasteiger partial charge in [-0.3, -0.25) is 29.6 Å². The third kappa shape index (κ3) is 8.08. The number of hydrogen-bond donors (Lipinski definition) is 2. The Kier molecular flexibility index (Phi) is 10.7. The van der Waals surface area contributed by atoms with Gasteiger partial charge in [0.25, 0.3) is 5.91 Å². The second-order valence-electron chi connectivity index (χ2n) is 11.2. The molecular weight excluding hydrogens is 552 g/mol. The molecule has 2 aromatic rings. The van der Waals surface area contributed by atoms with Gasteiger partial charge in [-0.1, -0.05) is 49.2 Å². The zero-order valence-electron chi connectivity index (χ0n) is 25.2. The molecule has 0 spiro atoms. The molecule has 4 amide bonds. The van der Waals surface area contributed by atoms with Gasteiger partial charge in [0.1, 0.15) is 18.6 Å².